The molecule has 82 valence electrons. The van der Waals surface area contributed by atoms with Gasteiger partial charge in [0.25, 0.3) is 0 Å². The first kappa shape index (κ1) is 9.60. The Morgan fingerprint density at radius 1 is 1.44 bits per heavy atom. The molecule has 1 aromatic carbocycles. The van der Waals surface area contributed by atoms with Gasteiger partial charge in [0, 0.05) is 28.6 Å². The number of nitrogens with one attached hydrogen (secondary N) is 1. The van der Waals surface area contributed by atoms with Gasteiger partial charge >= 0.3 is 0 Å². The highest BCUT2D eigenvalue weighted by atomic mass is 16.5. The Hall–Kier alpha value is -1.61. The van der Waals surface area contributed by atoms with Crippen molar-refractivity contribution in [3.8, 4) is 0 Å². The minimum Gasteiger partial charge on any atom is -0.380 e. The Kier molecular flexibility index (Phi) is 2.07. The predicted octanol–water partition coefficient (Wildman–Crippen LogP) is 2.48. The van der Waals surface area contributed by atoms with Gasteiger partial charge in [-0.3, -0.25) is 4.79 Å². The number of aromatic amines is 1. The molecule has 1 aromatic heterocycles. The van der Waals surface area contributed by atoms with Gasteiger partial charge < -0.3 is 9.72 Å². The molecule has 1 fully saturated rings. The van der Waals surface area contributed by atoms with Crippen LogP contribution in [0.4, 0.5) is 0 Å². The summed E-state index contributed by atoms with van der Waals surface area (Å²) in [5.41, 5.74) is 3.09. The maximum atomic E-state index is 11.4. The van der Waals surface area contributed by atoms with Crippen LogP contribution in [-0.2, 0) is 4.74 Å². The fourth-order valence-corrected chi connectivity index (χ4v) is 2.12. The maximum Gasteiger partial charge on any atom is 0.161 e. The molecule has 0 bridgehead atoms. The van der Waals surface area contributed by atoms with E-state index >= 15 is 0 Å². The summed E-state index contributed by atoms with van der Waals surface area (Å²) in [4.78, 5) is 14.5. The minimum atomic E-state index is 0.103. The topological polar surface area (TPSA) is 42.1 Å². The molecule has 0 radical (unpaired) electrons. The molecule has 1 saturated heterocycles. The molecule has 2 aromatic rings. The van der Waals surface area contributed by atoms with Crippen molar-refractivity contribution in [2.45, 2.75) is 12.8 Å². The molecule has 0 amide bonds. The van der Waals surface area contributed by atoms with Crippen LogP contribution < -0.4 is 0 Å². The van der Waals surface area contributed by atoms with Crippen LogP contribution in [0.5, 0.6) is 0 Å². The van der Waals surface area contributed by atoms with Crippen molar-refractivity contribution in [1.29, 1.82) is 0 Å². The summed E-state index contributed by atoms with van der Waals surface area (Å²) < 4.78 is 5.18. The molecule has 1 aliphatic rings. The number of carbonyl (C=O) groups is 1. The van der Waals surface area contributed by atoms with Crippen molar-refractivity contribution >= 4 is 16.7 Å². The summed E-state index contributed by atoms with van der Waals surface area (Å²) in [5, 5.41) is 1.01. The standard InChI is InChI=1S/C13H13NO2/c1-8(15)12-5-14-13-4-9(2-3-11(12)13)10-6-16-7-10/h2-5,10,14H,6-7H2,1H3. The largest absolute Gasteiger partial charge is 0.380 e. The van der Waals surface area contributed by atoms with Gasteiger partial charge in [-0.25, -0.2) is 0 Å². The van der Waals surface area contributed by atoms with Crippen LogP contribution in [0.3, 0.4) is 0 Å². The number of aromatic nitrogens is 1. The number of Topliss-reactive ketones (excluding diaryl/α,β-unsaturated/α-hetero) is 1. The summed E-state index contributed by atoms with van der Waals surface area (Å²) in [7, 11) is 0. The number of benzene rings is 1. The van der Waals surface area contributed by atoms with Crippen molar-refractivity contribution in [3.63, 3.8) is 0 Å². The number of ether oxygens (including phenoxy) is 1. The summed E-state index contributed by atoms with van der Waals surface area (Å²) in [6.07, 6.45) is 1.79. The van der Waals surface area contributed by atoms with Gasteiger partial charge in [0.1, 0.15) is 0 Å². The highest BCUT2D eigenvalue weighted by Crippen LogP contribution is 2.28. The van der Waals surface area contributed by atoms with E-state index in [-0.39, 0.29) is 5.78 Å². The lowest BCUT2D eigenvalue weighted by molar-refractivity contribution is 0.00847. The van der Waals surface area contributed by atoms with Crippen LogP contribution >= 0.6 is 0 Å². The maximum absolute atomic E-state index is 11.4. The van der Waals surface area contributed by atoms with Gasteiger partial charge in [-0.15, -0.1) is 0 Å². The Labute approximate surface area is 93.4 Å². The summed E-state index contributed by atoms with van der Waals surface area (Å²) in [6.45, 7) is 3.22. The van der Waals surface area contributed by atoms with Crippen molar-refractivity contribution in [2.24, 2.45) is 0 Å². The lowest BCUT2D eigenvalue weighted by Gasteiger charge is -2.26. The first-order valence-corrected chi connectivity index (χ1v) is 5.45. The monoisotopic (exact) mass is 215 g/mol. The van der Waals surface area contributed by atoms with Gasteiger partial charge in [-0.05, 0) is 18.6 Å². The van der Waals surface area contributed by atoms with Crippen molar-refractivity contribution < 1.29 is 9.53 Å². The molecular formula is C13H13NO2. The lowest BCUT2D eigenvalue weighted by Crippen LogP contribution is -2.24. The number of rotatable bonds is 2. The number of hydrogen-bond donors (Lipinski definition) is 1. The molecule has 0 unspecified atom stereocenters. The minimum absolute atomic E-state index is 0.103. The van der Waals surface area contributed by atoms with E-state index in [1.54, 1.807) is 13.1 Å². The lowest BCUT2D eigenvalue weighted by atomic mass is 9.96. The smallest absolute Gasteiger partial charge is 0.161 e. The summed E-state index contributed by atoms with van der Waals surface area (Å²) in [6, 6.07) is 6.24. The molecule has 0 atom stereocenters. The molecule has 2 heterocycles. The molecule has 3 rings (SSSR count). The molecule has 1 N–H and O–H groups in total. The number of fused-ring (bicyclic) bond motifs is 1. The van der Waals surface area contributed by atoms with Crippen molar-refractivity contribution in [1.82, 2.24) is 4.98 Å². The van der Waals surface area contributed by atoms with Gasteiger partial charge in [0.2, 0.25) is 0 Å². The fourth-order valence-electron chi connectivity index (χ4n) is 2.12. The Bertz CT molecular complexity index is 552. The summed E-state index contributed by atoms with van der Waals surface area (Å²) in [5.74, 6) is 0.624. The second kappa shape index (κ2) is 3.46. The van der Waals surface area contributed by atoms with Crippen molar-refractivity contribution in [3.05, 3.63) is 35.5 Å². The molecule has 16 heavy (non-hydrogen) atoms. The van der Waals surface area contributed by atoms with Gasteiger partial charge in [-0.2, -0.15) is 0 Å². The molecule has 0 spiro atoms. The fraction of sp³-hybridized carbons (Fsp3) is 0.308. The van der Waals surface area contributed by atoms with E-state index in [0.717, 1.165) is 29.7 Å². The molecule has 0 saturated carbocycles. The highest BCUT2D eigenvalue weighted by molar-refractivity contribution is 6.06. The third-order valence-corrected chi connectivity index (χ3v) is 3.19. The van der Waals surface area contributed by atoms with Gasteiger partial charge in [-0.1, -0.05) is 12.1 Å². The quantitative estimate of drug-likeness (QED) is 0.782. The van der Waals surface area contributed by atoms with E-state index in [2.05, 4.69) is 17.1 Å². The molecule has 1 aliphatic heterocycles. The first-order chi connectivity index (χ1) is 7.75. The van der Waals surface area contributed by atoms with Gasteiger partial charge in [0.05, 0.1) is 13.2 Å². The zero-order chi connectivity index (χ0) is 11.1. The Balaban J connectivity index is 2.09. The normalized spacial score (nSPS) is 16.3. The zero-order valence-corrected chi connectivity index (χ0v) is 9.12. The van der Waals surface area contributed by atoms with E-state index < -0.39 is 0 Å². The molecule has 3 nitrogen and oxygen atoms in total. The number of carbonyl (C=O) groups excluding carboxylic acids is 1. The van der Waals surface area contributed by atoms with Crippen LogP contribution in [0.25, 0.3) is 10.9 Å². The second-order valence-corrected chi connectivity index (χ2v) is 4.30. The summed E-state index contributed by atoms with van der Waals surface area (Å²) >= 11 is 0. The highest BCUT2D eigenvalue weighted by Gasteiger charge is 2.21. The predicted molar refractivity (Wildman–Crippen MR) is 61.9 cm³/mol. The average molecular weight is 215 g/mol. The molecular weight excluding hydrogens is 202 g/mol. The number of H-pyrrole nitrogens is 1. The first-order valence-electron chi connectivity index (χ1n) is 5.45. The number of hydrogen-bond acceptors (Lipinski definition) is 2. The van der Waals surface area contributed by atoms with E-state index in [1.165, 1.54) is 5.56 Å². The van der Waals surface area contributed by atoms with Crippen LogP contribution in [0.1, 0.15) is 28.8 Å². The van der Waals surface area contributed by atoms with Crippen LogP contribution in [0.15, 0.2) is 24.4 Å². The van der Waals surface area contributed by atoms with Crippen LogP contribution in [0, 0.1) is 0 Å². The van der Waals surface area contributed by atoms with Crippen LogP contribution in [-0.4, -0.2) is 24.0 Å². The average Bonchev–Trinajstić information content (AvgIpc) is 2.57. The molecule has 0 aliphatic carbocycles. The van der Waals surface area contributed by atoms with Gasteiger partial charge in [0.15, 0.2) is 5.78 Å². The van der Waals surface area contributed by atoms with E-state index in [1.807, 2.05) is 6.07 Å². The number of ketones is 1. The third kappa shape index (κ3) is 1.36. The molecule has 3 heteroatoms. The van der Waals surface area contributed by atoms with E-state index in [9.17, 15) is 4.79 Å². The Morgan fingerprint density at radius 2 is 2.25 bits per heavy atom. The zero-order valence-electron chi connectivity index (χ0n) is 9.12. The third-order valence-electron chi connectivity index (χ3n) is 3.19. The van der Waals surface area contributed by atoms with Crippen LogP contribution in [0.2, 0.25) is 0 Å². The van der Waals surface area contributed by atoms with E-state index in [0.29, 0.717) is 5.92 Å². The van der Waals surface area contributed by atoms with E-state index in [4.69, 9.17) is 4.74 Å². The van der Waals surface area contributed by atoms with Crippen molar-refractivity contribution in [2.75, 3.05) is 13.2 Å². The Morgan fingerprint density at radius 3 is 2.88 bits per heavy atom. The SMILES string of the molecule is CC(=O)c1c[nH]c2cc(C3COC3)ccc12. The second-order valence-electron chi connectivity index (χ2n) is 4.30.